The normalized spacial score (nSPS) is 19.8. The van der Waals surface area contributed by atoms with Gasteiger partial charge in [-0.2, -0.15) is 0 Å². The second-order valence-corrected chi connectivity index (χ2v) is 5.04. The largest absolute Gasteiger partial charge is 0.396 e. The Balaban J connectivity index is 1.92. The minimum absolute atomic E-state index is 0.0703. The Bertz CT molecular complexity index is 419. The smallest absolute Gasteiger partial charge is 0.164 e. The Morgan fingerprint density at radius 1 is 1.37 bits per heavy atom. The van der Waals surface area contributed by atoms with E-state index in [0.717, 1.165) is 32.4 Å². The molecule has 1 unspecified atom stereocenters. The van der Waals surface area contributed by atoms with Crippen LogP contribution in [0.1, 0.15) is 36.0 Å². The van der Waals surface area contributed by atoms with Crippen LogP contribution in [0.25, 0.3) is 0 Å². The molecule has 0 radical (unpaired) electrons. The van der Waals surface area contributed by atoms with Crippen LogP contribution in [0.2, 0.25) is 0 Å². The van der Waals surface area contributed by atoms with Gasteiger partial charge in [-0.15, -0.1) is 0 Å². The van der Waals surface area contributed by atoms with E-state index in [1.807, 2.05) is 0 Å². The number of hydrogen-bond donors (Lipinski definition) is 1. The third kappa shape index (κ3) is 3.85. The highest BCUT2D eigenvalue weighted by atomic mass is 19.1. The summed E-state index contributed by atoms with van der Waals surface area (Å²) in [6.45, 7) is 2.04. The molecule has 1 atom stereocenters. The van der Waals surface area contributed by atoms with Crippen molar-refractivity contribution in [1.82, 2.24) is 4.90 Å². The highest BCUT2D eigenvalue weighted by molar-refractivity contribution is 5.96. The Morgan fingerprint density at radius 2 is 2.11 bits per heavy atom. The predicted molar refractivity (Wildman–Crippen MR) is 71.6 cm³/mol. The third-order valence-corrected chi connectivity index (χ3v) is 3.69. The van der Waals surface area contributed by atoms with Crippen molar-refractivity contribution in [3.63, 3.8) is 0 Å². The Hall–Kier alpha value is -1.26. The van der Waals surface area contributed by atoms with Gasteiger partial charge < -0.3 is 5.11 Å². The highest BCUT2D eigenvalue weighted by Crippen LogP contribution is 2.22. The van der Waals surface area contributed by atoms with Crippen LogP contribution in [0.4, 0.5) is 4.39 Å². The van der Waals surface area contributed by atoms with Gasteiger partial charge in [-0.05, 0) is 50.1 Å². The van der Waals surface area contributed by atoms with E-state index in [4.69, 9.17) is 5.11 Å². The monoisotopic (exact) mass is 265 g/mol. The van der Waals surface area contributed by atoms with Crippen molar-refractivity contribution in [3.05, 3.63) is 35.6 Å². The molecular weight excluding hydrogens is 245 g/mol. The van der Waals surface area contributed by atoms with Crippen LogP contribution in [-0.4, -0.2) is 41.5 Å². The number of benzene rings is 1. The second kappa shape index (κ2) is 6.78. The summed E-state index contributed by atoms with van der Waals surface area (Å²) < 4.78 is 12.8. The van der Waals surface area contributed by atoms with Gasteiger partial charge in [0, 0.05) is 31.2 Å². The number of carbonyl (C=O) groups is 1. The average molecular weight is 265 g/mol. The highest BCUT2D eigenvalue weighted by Gasteiger charge is 2.26. The SMILES string of the molecule is O=C(CC1CCCN1CCCO)c1ccc(F)cc1. The maximum Gasteiger partial charge on any atom is 0.164 e. The summed E-state index contributed by atoms with van der Waals surface area (Å²) in [6.07, 6.45) is 3.36. The molecule has 1 aromatic carbocycles. The summed E-state index contributed by atoms with van der Waals surface area (Å²) in [5.74, 6) is -0.247. The molecule has 0 aliphatic carbocycles. The molecule has 4 heteroatoms. The van der Waals surface area contributed by atoms with E-state index < -0.39 is 0 Å². The van der Waals surface area contributed by atoms with Crippen molar-refractivity contribution in [2.45, 2.75) is 31.7 Å². The van der Waals surface area contributed by atoms with Gasteiger partial charge in [0.1, 0.15) is 5.82 Å². The van der Waals surface area contributed by atoms with Gasteiger partial charge in [0.05, 0.1) is 0 Å². The van der Waals surface area contributed by atoms with Gasteiger partial charge in [0.2, 0.25) is 0 Å². The maximum atomic E-state index is 12.8. The van der Waals surface area contributed by atoms with E-state index in [1.165, 1.54) is 12.1 Å². The zero-order valence-electron chi connectivity index (χ0n) is 11.0. The van der Waals surface area contributed by atoms with Crippen LogP contribution < -0.4 is 0 Å². The van der Waals surface area contributed by atoms with E-state index in [2.05, 4.69) is 4.90 Å². The molecule has 0 aromatic heterocycles. The number of aliphatic hydroxyl groups is 1. The molecule has 0 bridgehead atoms. The van der Waals surface area contributed by atoms with Gasteiger partial charge in [-0.3, -0.25) is 9.69 Å². The Kier molecular flexibility index (Phi) is 5.05. The molecule has 1 saturated heterocycles. The van der Waals surface area contributed by atoms with Crippen LogP contribution in [0.5, 0.6) is 0 Å². The van der Waals surface area contributed by atoms with Crippen molar-refractivity contribution >= 4 is 5.78 Å². The zero-order chi connectivity index (χ0) is 13.7. The molecule has 1 heterocycles. The summed E-state index contributed by atoms with van der Waals surface area (Å²) in [4.78, 5) is 14.4. The lowest BCUT2D eigenvalue weighted by molar-refractivity contribution is 0.0938. The lowest BCUT2D eigenvalue weighted by atomic mass is 10.0. The third-order valence-electron chi connectivity index (χ3n) is 3.69. The summed E-state index contributed by atoms with van der Waals surface area (Å²) in [7, 11) is 0. The Morgan fingerprint density at radius 3 is 2.79 bits per heavy atom. The lowest BCUT2D eigenvalue weighted by Gasteiger charge is -2.23. The zero-order valence-corrected chi connectivity index (χ0v) is 11.0. The van der Waals surface area contributed by atoms with Crippen molar-refractivity contribution in [1.29, 1.82) is 0 Å². The number of Topliss-reactive ketones (excluding diaryl/α,β-unsaturated/α-hetero) is 1. The van der Waals surface area contributed by atoms with E-state index in [1.54, 1.807) is 12.1 Å². The van der Waals surface area contributed by atoms with Crippen molar-refractivity contribution in [3.8, 4) is 0 Å². The molecule has 3 nitrogen and oxygen atoms in total. The van der Waals surface area contributed by atoms with E-state index in [9.17, 15) is 9.18 Å². The standard InChI is InChI=1S/C15H20FNO2/c16-13-6-4-12(5-7-13)15(19)11-14-3-1-8-17(14)9-2-10-18/h4-7,14,18H,1-3,8-11H2. The van der Waals surface area contributed by atoms with Crippen LogP contribution in [-0.2, 0) is 0 Å². The van der Waals surface area contributed by atoms with Crippen LogP contribution in [0, 0.1) is 5.82 Å². The summed E-state index contributed by atoms with van der Waals surface area (Å²) in [6, 6.07) is 6.01. The van der Waals surface area contributed by atoms with E-state index in [0.29, 0.717) is 12.0 Å². The number of nitrogens with zero attached hydrogens (tertiary/aromatic N) is 1. The van der Waals surface area contributed by atoms with Gasteiger partial charge in [0.15, 0.2) is 5.78 Å². The molecule has 0 spiro atoms. The van der Waals surface area contributed by atoms with Gasteiger partial charge in [-0.1, -0.05) is 0 Å². The van der Waals surface area contributed by atoms with Crippen molar-refractivity contribution in [2.75, 3.05) is 19.7 Å². The van der Waals surface area contributed by atoms with E-state index in [-0.39, 0.29) is 24.2 Å². The molecule has 0 amide bonds. The fourth-order valence-corrected chi connectivity index (χ4v) is 2.66. The minimum atomic E-state index is -0.318. The molecule has 104 valence electrons. The number of ketones is 1. The van der Waals surface area contributed by atoms with E-state index >= 15 is 0 Å². The number of halogens is 1. The fourth-order valence-electron chi connectivity index (χ4n) is 2.66. The summed E-state index contributed by atoms with van der Waals surface area (Å²) in [5, 5.41) is 8.87. The van der Waals surface area contributed by atoms with Gasteiger partial charge in [0.25, 0.3) is 0 Å². The summed E-state index contributed by atoms with van der Waals surface area (Å²) in [5.41, 5.74) is 0.579. The molecular formula is C15H20FNO2. The minimum Gasteiger partial charge on any atom is -0.396 e. The van der Waals surface area contributed by atoms with Crippen molar-refractivity contribution in [2.24, 2.45) is 0 Å². The topological polar surface area (TPSA) is 40.5 Å². The van der Waals surface area contributed by atoms with Crippen molar-refractivity contribution < 1.29 is 14.3 Å². The number of likely N-dealkylation sites (tertiary alicyclic amines) is 1. The predicted octanol–water partition coefficient (Wildman–Crippen LogP) is 2.25. The molecule has 0 saturated carbocycles. The number of aliphatic hydroxyl groups excluding tert-OH is 1. The molecule has 2 rings (SSSR count). The molecule has 1 aliphatic rings. The first-order valence-electron chi connectivity index (χ1n) is 6.84. The van der Waals surface area contributed by atoms with Gasteiger partial charge >= 0.3 is 0 Å². The first-order chi connectivity index (χ1) is 9.20. The summed E-state index contributed by atoms with van der Waals surface area (Å²) >= 11 is 0. The molecule has 19 heavy (non-hydrogen) atoms. The fraction of sp³-hybridized carbons (Fsp3) is 0.533. The average Bonchev–Trinajstić information content (AvgIpc) is 2.84. The number of rotatable bonds is 6. The van der Waals surface area contributed by atoms with Crippen LogP contribution in [0.3, 0.4) is 0 Å². The molecule has 1 aromatic rings. The first kappa shape index (κ1) is 14.2. The second-order valence-electron chi connectivity index (χ2n) is 5.04. The molecule has 1 fully saturated rings. The first-order valence-corrected chi connectivity index (χ1v) is 6.84. The Labute approximate surface area is 113 Å². The molecule has 1 N–H and O–H groups in total. The maximum absolute atomic E-state index is 12.8. The van der Waals surface area contributed by atoms with Crippen LogP contribution in [0.15, 0.2) is 24.3 Å². The molecule has 1 aliphatic heterocycles. The quantitative estimate of drug-likeness (QED) is 0.802. The lowest BCUT2D eigenvalue weighted by Crippen LogP contribution is -2.32. The van der Waals surface area contributed by atoms with Crippen LogP contribution >= 0.6 is 0 Å². The number of carbonyl (C=O) groups excluding carboxylic acids is 1. The number of hydrogen-bond acceptors (Lipinski definition) is 3. The van der Waals surface area contributed by atoms with Gasteiger partial charge in [-0.25, -0.2) is 4.39 Å².